The number of benzene rings is 1. The van der Waals surface area contributed by atoms with Crippen LogP contribution in [-0.2, 0) is 20.8 Å². The van der Waals surface area contributed by atoms with Gasteiger partial charge < -0.3 is 9.47 Å². The molecule has 0 bridgehead atoms. The number of methoxy groups -OCH3 is 1. The second-order valence-corrected chi connectivity index (χ2v) is 5.50. The van der Waals surface area contributed by atoms with Crippen LogP contribution in [0.25, 0.3) is 0 Å². The summed E-state index contributed by atoms with van der Waals surface area (Å²) >= 11 is 5.76. The molecule has 1 fully saturated rings. The zero-order valence-corrected chi connectivity index (χ0v) is 12.7. The Morgan fingerprint density at radius 1 is 1.48 bits per heavy atom. The highest BCUT2D eigenvalue weighted by molar-refractivity contribution is 6.30. The van der Waals surface area contributed by atoms with Crippen LogP contribution >= 0.6 is 11.6 Å². The van der Waals surface area contributed by atoms with Crippen LogP contribution in [0.1, 0.15) is 18.4 Å². The Labute approximate surface area is 128 Å². The van der Waals surface area contributed by atoms with Gasteiger partial charge in [0.1, 0.15) is 5.82 Å². The molecule has 0 saturated carbocycles. The molecule has 1 aliphatic heterocycles. The number of carbonyl (C=O) groups is 1. The SMILES string of the molecule is COC(=O)CN(Cc1ccc(Cl)cc1F)C1CCOCC1. The molecule has 116 valence electrons. The summed E-state index contributed by atoms with van der Waals surface area (Å²) in [5, 5.41) is 0.363. The molecule has 0 unspecified atom stereocenters. The number of rotatable bonds is 5. The molecule has 21 heavy (non-hydrogen) atoms. The molecule has 1 heterocycles. The van der Waals surface area contributed by atoms with Crippen LogP contribution in [0.4, 0.5) is 4.39 Å². The quantitative estimate of drug-likeness (QED) is 0.783. The summed E-state index contributed by atoms with van der Waals surface area (Å²) in [4.78, 5) is 13.5. The summed E-state index contributed by atoms with van der Waals surface area (Å²) in [6, 6.07) is 4.78. The minimum absolute atomic E-state index is 0.142. The van der Waals surface area contributed by atoms with E-state index in [-0.39, 0.29) is 24.4 Å². The second kappa shape index (κ2) is 7.73. The summed E-state index contributed by atoms with van der Waals surface area (Å²) in [6.45, 7) is 1.81. The number of esters is 1. The van der Waals surface area contributed by atoms with Crippen molar-refractivity contribution in [3.8, 4) is 0 Å². The molecule has 0 N–H and O–H groups in total. The average molecular weight is 316 g/mol. The standard InChI is InChI=1S/C15H19ClFNO3/c1-20-15(19)10-18(13-4-6-21-7-5-13)9-11-2-3-12(16)8-14(11)17/h2-3,8,13H,4-7,9-10H2,1H3. The van der Waals surface area contributed by atoms with Gasteiger partial charge in [0.2, 0.25) is 0 Å². The van der Waals surface area contributed by atoms with Crippen molar-refractivity contribution in [1.29, 1.82) is 0 Å². The van der Waals surface area contributed by atoms with Crippen LogP contribution in [0, 0.1) is 5.82 Å². The van der Waals surface area contributed by atoms with Gasteiger partial charge in [-0.15, -0.1) is 0 Å². The average Bonchev–Trinajstić information content (AvgIpc) is 2.49. The van der Waals surface area contributed by atoms with E-state index in [0.717, 1.165) is 12.8 Å². The molecule has 0 atom stereocenters. The van der Waals surface area contributed by atoms with E-state index in [9.17, 15) is 9.18 Å². The monoisotopic (exact) mass is 315 g/mol. The van der Waals surface area contributed by atoms with E-state index in [1.165, 1.54) is 13.2 Å². The minimum Gasteiger partial charge on any atom is -0.468 e. The van der Waals surface area contributed by atoms with Gasteiger partial charge >= 0.3 is 5.97 Å². The van der Waals surface area contributed by atoms with E-state index < -0.39 is 0 Å². The van der Waals surface area contributed by atoms with Crippen molar-refractivity contribution in [2.75, 3.05) is 26.9 Å². The summed E-state index contributed by atoms with van der Waals surface area (Å²) < 4.78 is 24.0. The van der Waals surface area contributed by atoms with Crippen molar-refractivity contribution in [3.05, 3.63) is 34.6 Å². The van der Waals surface area contributed by atoms with Crippen LogP contribution in [0.5, 0.6) is 0 Å². The van der Waals surface area contributed by atoms with Gasteiger partial charge in [0.05, 0.1) is 13.7 Å². The Morgan fingerprint density at radius 3 is 2.81 bits per heavy atom. The molecule has 2 rings (SSSR count). The lowest BCUT2D eigenvalue weighted by Crippen LogP contribution is -2.42. The van der Waals surface area contributed by atoms with E-state index in [1.54, 1.807) is 12.1 Å². The molecule has 1 aromatic carbocycles. The Morgan fingerprint density at radius 2 is 2.19 bits per heavy atom. The highest BCUT2D eigenvalue weighted by atomic mass is 35.5. The van der Waals surface area contributed by atoms with Crippen LogP contribution in [0.3, 0.4) is 0 Å². The van der Waals surface area contributed by atoms with Gasteiger partial charge in [-0.2, -0.15) is 0 Å². The molecular formula is C15H19ClFNO3. The molecule has 1 saturated heterocycles. The summed E-state index contributed by atoms with van der Waals surface area (Å²) in [6.07, 6.45) is 1.65. The molecule has 1 aromatic rings. The Hall–Kier alpha value is -1.17. The second-order valence-electron chi connectivity index (χ2n) is 5.06. The minimum atomic E-state index is -0.357. The molecule has 1 aliphatic rings. The third kappa shape index (κ3) is 4.66. The van der Waals surface area contributed by atoms with Crippen LogP contribution in [0.2, 0.25) is 5.02 Å². The van der Waals surface area contributed by atoms with Gasteiger partial charge in [0, 0.05) is 36.4 Å². The zero-order chi connectivity index (χ0) is 15.2. The third-order valence-electron chi connectivity index (χ3n) is 3.66. The summed E-state index contributed by atoms with van der Waals surface area (Å²) in [5.74, 6) is -0.680. The highest BCUT2D eigenvalue weighted by Gasteiger charge is 2.24. The van der Waals surface area contributed by atoms with E-state index in [4.69, 9.17) is 21.1 Å². The Bertz CT molecular complexity index is 492. The van der Waals surface area contributed by atoms with Crippen molar-refractivity contribution in [2.24, 2.45) is 0 Å². The Balaban J connectivity index is 2.11. The lowest BCUT2D eigenvalue weighted by molar-refractivity contribution is -0.143. The molecule has 0 amide bonds. The molecule has 0 spiro atoms. The maximum absolute atomic E-state index is 13.9. The fourth-order valence-electron chi connectivity index (χ4n) is 2.46. The smallest absolute Gasteiger partial charge is 0.319 e. The predicted octanol–water partition coefficient (Wildman–Crippen LogP) is 2.63. The number of hydrogen-bond donors (Lipinski definition) is 0. The fraction of sp³-hybridized carbons (Fsp3) is 0.533. The molecule has 0 aromatic heterocycles. The normalized spacial score (nSPS) is 16.2. The van der Waals surface area contributed by atoms with Crippen LogP contribution in [-0.4, -0.2) is 43.8 Å². The molecular weight excluding hydrogens is 297 g/mol. The first-order valence-electron chi connectivity index (χ1n) is 6.92. The first kappa shape index (κ1) is 16.2. The zero-order valence-electron chi connectivity index (χ0n) is 12.0. The van der Waals surface area contributed by atoms with Gasteiger partial charge in [-0.3, -0.25) is 9.69 Å². The van der Waals surface area contributed by atoms with E-state index in [0.29, 0.717) is 30.3 Å². The van der Waals surface area contributed by atoms with Crippen molar-refractivity contribution in [3.63, 3.8) is 0 Å². The van der Waals surface area contributed by atoms with E-state index >= 15 is 0 Å². The van der Waals surface area contributed by atoms with E-state index in [1.807, 2.05) is 4.90 Å². The van der Waals surface area contributed by atoms with Crippen LogP contribution in [0.15, 0.2) is 18.2 Å². The fourth-order valence-corrected chi connectivity index (χ4v) is 2.62. The Kier molecular flexibility index (Phi) is 5.96. The largest absolute Gasteiger partial charge is 0.468 e. The highest BCUT2D eigenvalue weighted by Crippen LogP contribution is 2.21. The number of nitrogens with zero attached hydrogens (tertiary/aromatic N) is 1. The van der Waals surface area contributed by atoms with Gasteiger partial charge in [-0.05, 0) is 25.0 Å². The maximum atomic E-state index is 13.9. The molecule has 0 aliphatic carbocycles. The van der Waals surface area contributed by atoms with Gasteiger partial charge in [-0.25, -0.2) is 4.39 Å². The maximum Gasteiger partial charge on any atom is 0.319 e. The van der Waals surface area contributed by atoms with Gasteiger partial charge in [0.25, 0.3) is 0 Å². The molecule has 0 radical (unpaired) electrons. The third-order valence-corrected chi connectivity index (χ3v) is 3.89. The first-order chi connectivity index (χ1) is 10.1. The lowest BCUT2D eigenvalue weighted by Gasteiger charge is -2.33. The topological polar surface area (TPSA) is 38.8 Å². The van der Waals surface area contributed by atoms with Crippen molar-refractivity contribution >= 4 is 17.6 Å². The first-order valence-corrected chi connectivity index (χ1v) is 7.30. The van der Waals surface area contributed by atoms with Crippen molar-refractivity contribution in [2.45, 2.75) is 25.4 Å². The number of ether oxygens (including phenoxy) is 2. The van der Waals surface area contributed by atoms with Gasteiger partial charge in [-0.1, -0.05) is 17.7 Å². The summed E-state index contributed by atoms with van der Waals surface area (Å²) in [5.41, 5.74) is 0.523. The number of halogens is 2. The predicted molar refractivity (Wildman–Crippen MR) is 77.7 cm³/mol. The van der Waals surface area contributed by atoms with Crippen molar-refractivity contribution < 1.29 is 18.7 Å². The molecule has 4 nitrogen and oxygen atoms in total. The lowest BCUT2D eigenvalue weighted by atomic mass is 10.1. The van der Waals surface area contributed by atoms with Crippen LogP contribution < -0.4 is 0 Å². The molecule has 6 heteroatoms. The summed E-state index contributed by atoms with van der Waals surface area (Å²) in [7, 11) is 1.35. The number of carbonyl (C=O) groups excluding carboxylic acids is 1. The van der Waals surface area contributed by atoms with E-state index in [2.05, 4.69) is 0 Å². The van der Waals surface area contributed by atoms with Crippen molar-refractivity contribution in [1.82, 2.24) is 4.90 Å². The van der Waals surface area contributed by atoms with Gasteiger partial charge in [0.15, 0.2) is 0 Å². The number of hydrogen-bond acceptors (Lipinski definition) is 4.